The van der Waals surface area contributed by atoms with E-state index in [1.807, 2.05) is 24.3 Å². The van der Waals surface area contributed by atoms with Gasteiger partial charge in [0.05, 0.1) is 5.02 Å². The molecule has 3 rings (SSSR count). The molecule has 2 atom stereocenters. The third-order valence-corrected chi connectivity index (χ3v) is 4.75. The largest absolute Gasteiger partial charge is 0.460 e. The molecule has 20 heavy (non-hydrogen) atoms. The minimum Gasteiger partial charge on any atom is -0.460 e. The second-order valence-electron chi connectivity index (χ2n) is 4.62. The van der Waals surface area contributed by atoms with Gasteiger partial charge in [-0.3, -0.25) is 0 Å². The summed E-state index contributed by atoms with van der Waals surface area (Å²) in [5, 5.41) is 1.18. The zero-order valence-corrected chi connectivity index (χ0v) is 12.2. The molecule has 1 saturated heterocycles. The quantitative estimate of drug-likeness (QED) is 0.798. The highest BCUT2D eigenvalue weighted by molar-refractivity contribution is 7.21. The summed E-state index contributed by atoms with van der Waals surface area (Å²) in [7, 11) is 0. The van der Waals surface area contributed by atoms with Crippen LogP contribution in [0.5, 0.6) is 0 Å². The summed E-state index contributed by atoms with van der Waals surface area (Å²) >= 11 is 7.45. The molecule has 0 amide bonds. The molecule has 0 spiro atoms. The van der Waals surface area contributed by atoms with Gasteiger partial charge < -0.3 is 9.47 Å². The number of hydrogen-bond donors (Lipinski definition) is 0. The first-order chi connectivity index (χ1) is 9.56. The van der Waals surface area contributed by atoms with E-state index < -0.39 is 18.0 Å². The van der Waals surface area contributed by atoms with E-state index in [1.165, 1.54) is 11.3 Å². The number of ether oxygens (including phenoxy) is 2. The molecule has 1 fully saturated rings. The maximum absolute atomic E-state index is 12.1. The lowest BCUT2D eigenvalue weighted by atomic mass is 10.2. The van der Waals surface area contributed by atoms with Crippen LogP contribution in [0.15, 0.2) is 24.3 Å². The summed E-state index contributed by atoms with van der Waals surface area (Å²) in [6.45, 7) is 1.76. The molecule has 4 nitrogen and oxygen atoms in total. The first-order valence-electron chi connectivity index (χ1n) is 6.15. The number of hydrogen-bond acceptors (Lipinski definition) is 5. The van der Waals surface area contributed by atoms with Gasteiger partial charge in [0.25, 0.3) is 0 Å². The Morgan fingerprint density at radius 3 is 2.85 bits per heavy atom. The summed E-state index contributed by atoms with van der Waals surface area (Å²) in [6.07, 6.45) is -0.676. The van der Waals surface area contributed by atoms with Crippen LogP contribution in [-0.2, 0) is 14.3 Å². The highest BCUT2D eigenvalue weighted by Crippen LogP contribution is 2.36. The van der Waals surface area contributed by atoms with Crippen LogP contribution >= 0.6 is 22.9 Å². The number of carbonyl (C=O) groups excluding carboxylic acids is 2. The third-order valence-electron chi connectivity index (χ3n) is 3.10. The smallest absolute Gasteiger partial charge is 0.350 e. The minimum atomic E-state index is -0.834. The fraction of sp³-hybridized carbons (Fsp3) is 0.286. The normalized spacial score (nSPS) is 22.0. The number of esters is 2. The minimum absolute atomic E-state index is 0.224. The lowest BCUT2D eigenvalue weighted by molar-refractivity contribution is -0.147. The van der Waals surface area contributed by atoms with Gasteiger partial charge >= 0.3 is 11.9 Å². The summed E-state index contributed by atoms with van der Waals surface area (Å²) < 4.78 is 11.1. The summed E-state index contributed by atoms with van der Waals surface area (Å²) in [6, 6.07) is 7.46. The SMILES string of the molecule is C[C@H]1C[C@@H](OC(=O)c2sc3ccccc3c2Cl)C(=O)O1. The molecule has 0 saturated carbocycles. The number of rotatable bonds is 2. The molecule has 104 valence electrons. The number of benzene rings is 1. The first kappa shape index (κ1) is 13.4. The van der Waals surface area contributed by atoms with Crippen molar-refractivity contribution in [3.63, 3.8) is 0 Å². The molecule has 0 radical (unpaired) electrons. The molecule has 1 aromatic carbocycles. The van der Waals surface area contributed by atoms with Crippen LogP contribution in [0.4, 0.5) is 0 Å². The van der Waals surface area contributed by atoms with Gasteiger partial charge in [-0.1, -0.05) is 29.8 Å². The van der Waals surface area contributed by atoms with E-state index in [2.05, 4.69) is 0 Å². The summed E-state index contributed by atoms with van der Waals surface area (Å²) in [5.41, 5.74) is 0. The zero-order valence-electron chi connectivity index (χ0n) is 10.6. The van der Waals surface area contributed by atoms with Gasteiger partial charge in [0.15, 0.2) is 0 Å². The number of cyclic esters (lactones) is 1. The van der Waals surface area contributed by atoms with E-state index in [4.69, 9.17) is 21.1 Å². The number of halogens is 1. The van der Waals surface area contributed by atoms with Crippen LogP contribution in [0.25, 0.3) is 10.1 Å². The van der Waals surface area contributed by atoms with E-state index in [0.717, 1.165) is 10.1 Å². The Labute approximate surface area is 124 Å². The van der Waals surface area contributed by atoms with E-state index in [9.17, 15) is 9.59 Å². The van der Waals surface area contributed by atoms with Crippen molar-refractivity contribution in [3.05, 3.63) is 34.2 Å². The van der Waals surface area contributed by atoms with Crippen molar-refractivity contribution in [2.75, 3.05) is 0 Å². The number of fused-ring (bicyclic) bond motifs is 1. The van der Waals surface area contributed by atoms with Crippen molar-refractivity contribution in [1.29, 1.82) is 0 Å². The van der Waals surface area contributed by atoms with Gasteiger partial charge in [0.2, 0.25) is 6.10 Å². The van der Waals surface area contributed by atoms with Gasteiger partial charge in [-0.05, 0) is 13.0 Å². The summed E-state index contributed by atoms with van der Waals surface area (Å²) in [4.78, 5) is 23.9. The molecule has 0 bridgehead atoms. The van der Waals surface area contributed by atoms with Gasteiger partial charge in [-0.15, -0.1) is 11.3 Å². The molecule has 1 aliphatic heterocycles. The van der Waals surface area contributed by atoms with Crippen LogP contribution in [0, 0.1) is 0 Å². The predicted molar refractivity (Wildman–Crippen MR) is 76.2 cm³/mol. The second kappa shape index (κ2) is 5.07. The van der Waals surface area contributed by atoms with Gasteiger partial charge in [0.1, 0.15) is 11.0 Å². The molecule has 1 aromatic heterocycles. The monoisotopic (exact) mass is 310 g/mol. The molecular formula is C14H11ClO4S. The van der Waals surface area contributed by atoms with Crippen LogP contribution < -0.4 is 0 Å². The Bertz CT molecular complexity index is 694. The average Bonchev–Trinajstić information content (AvgIpc) is 2.91. The van der Waals surface area contributed by atoms with E-state index in [-0.39, 0.29) is 6.10 Å². The Kier molecular flexibility index (Phi) is 3.40. The van der Waals surface area contributed by atoms with E-state index >= 15 is 0 Å². The van der Waals surface area contributed by atoms with E-state index in [1.54, 1.807) is 6.92 Å². The highest BCUT2D eigenvalue weighted by Gasteiger charge is 2.36. The lowest BCUT2D eigenvalue weighted by Gasteiger charge is -2.06. The lowest BCUT2D eigenvalue weighted by Crippen LogP contribution is -2.22. The molecule has 2 heterocycles. The van der Waals surface area contributed by atoms with Crippen LogP contribution in [0.2, 0.25) is 5.02 Å². The average molecular weight is 311 g/mol. The first-order valence-corrected chi connectivity index (χ1v) is 7.34. The number of carbonyl (C=O) groups is 2. The molecule has 0 aliphatic carbocycles. The maximum atomic E-state index is 12.1. The van der Waals surface area contributed by atoms with Crippen molar-refractivity contribution < 1.29 is 19.1 Å². The summed E-state index contributed by atoms with van der Waals surface area (Å²) in [5.74, 6) is -1.07. The molecular weight excluding hydrogens is 300 g/mol. The Morgan fingerprint density at radius 1 is 1.45 bits per heavy atom. The van der Waals surface area contributed by atoms with Gasteiger partial charge in [0, 0.05) is 16.5 Å². The van der Waals surface area contributed by atoms with Gasteiger partial charge in [-0.2, -0.15) is 0 Å². The highest BCUT2D eigenvalue weighted by atomic mass is 35.5. The van der Waals surface area contributed by atoms with Crippen molar-refractivity contribution >= 4 is 45.0 Å². The fourth-order valence-corrected chi connectivity index (χ4v) is 3.54. The molecule has 2 aromatic rings. The Balaban J connectivity index is 1.86. The molecule has 1 aliphatic rings. The Hall–Kier alpha value is -1.59. The van der Waals surface area contributed by atoms with Crippen molar-refractivity contribution in [2.24, 2.45) is 0 Å². The van der Waals surface area contributed by atoms with Gasteiger partial charge in [-0.25, -0.2) is 9.59 Å². The van der Waals surface area contributed by atoms with Crippen LogP contribution in [-0.4, -0.2) is 24.1 Å². The predicted octanol–water partition coefficient (Wildman–Crippen LogP) is 3.42. The maximum Gasteiger partial charge on any atom is 0.350 e. The molecule has 0 unspecified atom stereocenters. The van der Waals surface area contributed by atoms with Crippen molar-refractivity contribution in [3.8, 4) is 0 Å². The number of thiophene rings is 1. The van der Waals surface area contributed by atoms with Crippen LogP contribution in [0.3, 0.4) is 0 Å². The molecule has 6 heteroatoms. The second-order valence-corrected chi connectivity index (χ2v) is 6.05. The van der Waals surface area contributed by atoms with Crippen LogP contribution in [0.1, 0.15) is 23.0 Å². The van der Waals surface area contributed by atoms with Crippen molar-refractivity contribution in [1.82, 2.24) is 0 Å². The topological polar surface area (TPSA) is 52.6 Å². The zero-order chi connectivity index (χ0) is 14.3. The Morgan fingerprint density at radius 2 is 2.20 bits per heavy atom. The van der Waals surface area contributed by atoms with E-state index in [0.29, 0.717) is 16.3 Å². The third kappa shape index (κ3) is 2.27. The van der Waals surface area contributed by atoms with Crippen molar-refractivity contribution in [2.45, 2.75) is 25.6 Å². The fourth-order valence-electron chi connectivity index (χ4n) is 2.14. The standard InChI is InChI=1S/C14H11ClO4S/c1-7-6-9(13(16)18-7)19-14(17)12-11(15)8-4-2-3-5-10(8)20-12/h2-5,7,9H,6H2,1H3/t7-,9+/m0/s1. The molecule has 0 N–H and O–H groups in total.